The lowest BCUT2D eigenvalue weighted by atomic mass is 10.2. The third-order valence-corrected chi connectivity index (χ3v) is 3.67. The Hall–Kier alpha value is -1.50. The molecule has 1 fully saturated rings. The highest BCUT2D eigenvalue weighted by Crippen LogP contribution is 2.10. The Bertz CT molecular complexity index is 549. The normalized spacial score (nSPS) is 18.4. The van der Waals surface area contributed by atoms with Gasteiger partial charge in [-0.15, -0.1) is 0 Å². The van der Waals surface area contributed by atoms with Gasteiger partial charge in [-0.1, -0.05) is 6.07 Å². The zero-order valence-electron chi connectivity index (χ0n) is 11.8. The zero-order chi connectivity index (χ0) is 13.8. The minimum absolute atomic E-state index is 0.459. The van der Waals surface area contributed by atoms with E-state index in [2.05, 4.69) is 44.7 Å². The van der Waals surface area contributed by atoms with Gasteiger partial charge in [0.05, 0.1) is 13.2 Å². The van der Waals surface area contributed by atoms with Crippen molar-refractivity contribution in [1.82, 2.24) is 25.6 Å². The van der Waals surface area contributed by atoms with E-state index in [1.54, 1.807) is 0 Å². The summed E-state index contributed by atoms with van der Waals surface area (Å²) in [6.07, 6.45) is 0. The average molecular weight is 275 g/mol. The number of hydrogen-bond donors (Lipinski definition) is 2. The molecule has 1 unspecified atom stereocenters. The summed E-state index contributed by atoms with van der Waals surface area (Å²) in [4.78, 5) is 2.45. The molecule has 0 spiro atoms. The molecule has 2 N–H and O–H groups in total. The zero-order valence-corrected chi connectivity index (χ0v) is 11.8. The molecule has 0 bridgehead atoms. The minimum atomic E-state index is 0.459. The predicted molar refractivity (Wildman–Crippen MR) is 77.4 cm³/mol. The fourth-order valence-corrected chi connectivity index (χ4v) is 2.52. The van der Waals surface area contributed by atoms with E-state index in [1.807, 2.05) is 6.07 Å². The molecule has 0 saturated carbocycles. The van der Waals surface area contributed by atoms with Gasteiger partial charge in [0, 0.05) is 32.2 Å². The standard InChI is InChI=1S/C14H21N5O/c1-11(10-19-4-6-20-7-5-19)15-9-12-2-3-13-14(8-12)17-18-16-13/h2-3,8,11,15H,4-7,9-10H2,1H3,(H,16,17,18). The second kappa shape index (κ2) is 6.30. The van der Waals surface area contributed by atoms with E-state index in [9.17, 15) is 0 Å². The van der Waals surface area contributed by atoms with Crippen molar-refractivity contribution in [3.8, 4) is 0 Å². The fourth-order valence-electron chi connectivity index (χ4n) is 2.52. The number of hydrogen-bond acceptors (Lipinski definition) is 5. The van der Waals surface area contributed by atoms with Gasteiger partial charge in [-0.2, -0.15) is 15.4 Å². The highest BCUT2D eigenvalue weighted by molar-refractivity contribution is 5.74. The van der Waals surface area contributed by atoms with Crippen LogP contribution >= 0.6 is 0 Å². The number of rotatable bonds is 5. The number of aromatic nitrogens is 3. The van der Waals surface area contributed by atoms with Gasteiger partial charge in [0.2, 0.25) is 0 Å². The molecule has 6 nitrogen and oxygen atoms in total. The fraction of sp³-hybridized carbons (Fsp3) is 0.571. The Morgan fingerprint density at radius 3 is 2.95 bits per heavy atom. The molecule has 3 rings (SSSR count). The third kappa shape index (κ3) is 3.33. The minimum Gasteiger partial charge on any atom is -0.379 e. The topological polar surface area (TPSA) is 66.1 Å². The summed E-state index contributed by atoms with van der Waals surface area (Å²) in [6.45, 7) is 7.94. The van der Waals surface area contributed by atoms with Crippen LogP contribution in [0.1, 0.15) is 12.5 Å². The molecule has 1 aromatic carbocycles. The van der Waals surface area contributed by atoms with Crippen LogP contribution in [0.3, 0.4) is 0 Å². The number of morpholine rings is 1. The molecule has 20 heavy (non-hydrogen) atoms. The average Bonchev–Trinajstić information content (AvgIpc) is 2.93. The number of ether oxygens (including phenoxy) is 1. The van der Waals surface area contributed by atoms with E-state index < -0.39 is 0 Å². The van der Waals surface area contributed by atoms with Crippen LogP contribution in [-0.2, 0) is 11.3 Å². The number of nitrogens with one attached hydrogen (secondary N) is 2. The van der Waals surface area contributed by atoms with Crippen LogP contribution in [0.2, 0.25) is 0 Å². The predicted octanol–water partition coefficient (Wildman–Crippen LogP) is 0.768. The maximum absolute atomic E-state index is 5.37. The van der Waals surface area contributed by atoms with Gasteiger partial charge in [-0.25, -0.2) is 0 Å². The van der Waals surface area contributed by atoms with Crippen molar-refractivity contribution in [3.05, 3.63) is 23.8 Å². The first kappa shape index (κ1) is 13.5. The second-order valence-corrected chi connectivity index (χ2v) is 5.34. The van der Waals surface area contributed by atoms with Crippen molar-refractivity contribution in [3.63, 3.8) is 0 Å². The first-order chi connectivity index (χ1) is 9.81. The van der Waals surface area contributed by atoms with Crippen molar-refractivity contribution in [2.24, 2.45) is 0 Å². The molecule has 2 heterocycles. The van der Waals surface area contributed by atoms with Crippen LogP contribution in [0, 0.1) is 0 Å². The summed E-state index contributed by atoms with van der Waals surface area (Å²) < 4.78 is 5.37. The maximum Gasteiger partial charge on any atom is 0.113 e. The smallest absolute Gasteiger partial charge is 0.113 e. The number of nitrogens with zero attached hydrogens (tertiary/aromatic N) is 3. The van der Waals surface area contributed by atoms with Gasteiger partial charge in [0.15, 0.2) is 0 Å². The first-order valence-electron chi connectivity index (χ1n) is 7.14. The molecular formula is C14H21N5O. The van der Waals surface area contributed by atoms with Gasteiger partial charge in [-0.05, 0) is 24.6 Å². The monoisotopic (exact) mass is 275 g/mol. The third-order valence-electron chi connectivity index (χ3n) is 3.67. The molecule has 1 saturated heterocycles. The molecule has 0 radical (unpaired) electrons. The van der Waals surface area contributed by atoms with E-state index in [4.69, 9.17) is 4.74 Å². The van der Waals surface area contributed by atoms with Gasteiger partial charge in [0.25, 0.3) is 0 Å². The summed E-state index contributed by atoms with van der Waals surface area (Å²) in [7, 11) is 0. The van der Waals surface area contributed by atoms with Crippen LogP contribution in [0.5, 0.6) is 0 Å². The van der Waals surface area contributed by atoms with Crippen LogP contribution < -0.4 is 5.32 Å². The second-order valence-electron chi connectivity index (χ2n) is 5.34. The molecule has 108 valence electrons. The molecular weight excluding hydrogens is 254 g/mol. The van der Waals surface area contributed by atoms with E-state index >= 15 is 0 Å². The lowest BCUT2D eigenvalue weighted by molar-refractivity contribution is 0.0343. The molecule has 1 atom stereocenters. The molecule has 2 aromatic rings. The maximum atomic E-state index is 5.37. The number of aromatic amines is 1. The van der Waals surface area contributed by atoms with Crippen LogP contribution in [0.4, 0.5) is 0 Å². The molecule has 6 heteroatoms. The van der Waals surface area contributed by atoms with E-state index in [-0.39, 0.29) is 0 Å². The molecule has 1 aliphatic rings. The SMILES string of the molecule is CC(CN1CCOCC1)NCc1ccc2n[nH]nc2c1. The summed E-state index contributed by atoms with van der Waals surface area (Å²) in [5.41, 5.74) is 3.07. The van der Waals surface area contributed by atoms with Crippen molar-refractivity contribution >= 4 is 11.0 Å². The molecule has 0 aliphatic carbocycles. The van der Waals surface area contributed by atoms with Gasteiger partial charge >= 0.3 is 0 Å². The van der Waals surface area contributed by atoms with E-state index in [0.29, 0.717) is 6.04 Å². The van der Waals surface area contributed by atoms with Gasteiger partial charge in [-0.3, -0.25) is 4.90 Å². The number of fused-ring (bicyclic) bond motifs is 1. The van der Waals surface area contributed by atoms with Crippen molar-refractivity contribution in [2.45, 2.75) is 19.5 Å². The lowest BCUT2D eigenvalue weighted by Gasteiger charge is -2.29. The Morgan fingerprint density at radius 2 is 2.10 bits per heavy atom. The van der Waals surface area contributed by atoms with Gasteiger partial charge < -0.3 is 10.1 Å². The highest BCUT2D eigenvalue weighted by Gasteiger charge is 2.13. The number of H-pyrrole nitrogens is 1. The van der Waals surface area contributed by atoms with Crippen LogP contribution in [0.25, 0.3) is 11.0 Å². The summed E-state index contributed by atoms with van der Waals surface area (Å²) in [5.74, 6) is 0. The molecule has 1 aliphatic heterocycles. The van der Waals surface area contributed by atoms with Crippen LogP contribution in [-0.4, -0.2) is 59.2 Å². The first-order valence-corrected chi connectivity index (χ1v) is 7.14. The largest absolute Gasteiger partial charge is 0.379 e. The number of benzene rings is 1. The van der Waals surface area contributed by atoms with Gasteiger partial charge in [0.1, 0.15) is 11.0 Å². The Kier molecular flexibility index (Phi) is 4.25. The Morgan fingerprint density at radius 1 is 1.30 bits per heavy atom. The summed E-state index contributed by atoms with van der Waals surface area (Å²) in [5, 5.41) is 14.4. The van der Waals surface area contributed by atoms with E-state index in [0.717, 1.165) is 50.4 Å². The Labute approximate surface area is 118 Å². The van der Waals surface area contributed by atoms with Crippen LogP contribution in [0.15, 0.2) is 18.2 Å². The molecule has 1 aromatic heterocycles. The van der Waals surface area contributed by atoms with Crippen molar-refractivity contribution in [2.75, 3.05) is 32.8 Å². The van der Waals surface area contributed by atoms with E-state index in [1.165, 1.54) is 5.56 Å². The molecule has 0 amide bonds. The Balaban J connectivity index is 1.50. The lowest BCUT2D eigenvalue weighted by Crippen LogP contribution is -2.44. The summed E-state index contributed by atoms with van der Waals surface area (Å²) >= 11 is 0. The highest BCUT2D eigenvalue weighted by atomic mass is 16.5. The quantitative estimate of drug-likeness (QED) is 0.843. The van der Waals surface area contributed by atoms with Crippen molar-refractivity contribution in [1.29, 1.82) is 0 Å². The van der Waals surface area contributed by atoms with Crippen molar-refractivity contribution < 1.29 is 4.74 Å². The summed E-state index contributed by atoms with van der Waals surface area (Å²) in [6, 6.07) is 6.64.